The van der Waals surface area contributed by atoms with Crippen molar-refractivity contribution < 1.29 is 0 Å². The van der Waals surface area contributed by atoms with E-state index < -0.39 is 0 Å². The molecule has 0 saturated carbocycles. The van der Waals surface area contributed by atoms with E-state index in [2.05, 4.69) is 48.5 Å². The topological polar surface area (TPSA) is 30.7 Å². The molecule has 3 aromatic rings. The maximum Gasteiger partial charge on any atom is 0.109 e. The van der Waals surface area contributed by atoms with Crippen molar-refractivity contribution in [2.75, 3.05) is 0 Å². The normalized spacial score (nSPS) is 11.8. The number of aromatic nitrogens is 3. The molecule has 0 radical (unpaired) electrons. The average molecular weight is 253 g/mol. The molecule has 0 amide bonds. The molecule has 0 aliphatic carbocycles. The highest BCUT2D eigenvalue weighted by molar-refractivity contribution is 6.02. The van der Waals surface area contributed by atoms with Crippen LogP contribution in [0.15, 0.2) is 30.5 Å². The number of para-hydroxylation sites is 1. The van der Waals surface area contributed by atoms with E-state index in [0.717, 1.165) is 29.8 Å². The van der Waals surface area contributed by atoms with E-state index in [0.29, 0.717) is 5.92 Å². The number of imidazole rings is 1. The van der Waals surface area contributed by atoms with E-state index in [1.165, 1.54) is 10.9 Å². The van der Waals surface area contributed by atoms with Crippen LogP contribution in [0.2, 0.25) is 0 Å². The Morgan fingerprint density at radius 2 is 1.95 bits per heavy atom. The zero-order valence-electron chi connectivity index (χ0n) is 11.7. The van der Waals surface area contributed by atoms with Crippen LogP contribution < -0.4 is 0 Å². The number of nitrogens with zero attached hydrogens (tertiary/aromatic N) is 3. The van der Waals surface area contributed by atoms with Crippen molar-refractivity contribution in [2.24, 2.45) is 5.92 Å². The third-order valence-electron chi connectivity index (χ3n) is 3.42. The van der Waals surface area contributed by atoms with E-state index >= 15 is 0 Å². The first-order valence-corrected chi connectivity index (χ1v) is 6.93. The van der Waals surface area contributed by atoms with Crippen LogP contribution in [0.1, 0.15) is 26.6 Å². The summed E-state index contributed by atoms with van der Waals surface area (Å²) >= 11 is 0. The van der Waals surface area contributed by atoms with E-state index in [1.807, 2.05) is 12.3 Å². The zero-order chi connectivity index (χ0) is 13.4. The standard InChI is InChI=1S/C16H19N3/c1-4-15-18-14-9-17-13-8-6-5-7-12(13)16(14)19(15)10-11(2)3/h5-9,11H,4,10H2,1-3H3. The fraction of sp³-hybridized carbons (Fsp3) is 0.375. The third kappa shape index (κ3) is 1.99. The van der Waals surface area contributed by atoms with E-state index in [-0.39, 0.29) is 0 Å². The molecule has 0 saturated heterocycles. The first kappa shape index (κ1) is 12.2. The Kier molecular flexibility index (Phi) is 2.97. The maximum absolute atomic E-state index is 4.73. The van der Waals surface area contributed by atoms with E-state index in [4.69, 9.17) is 4.98 Å². The summed E-state index contributed by atoms with van der Waals surface area (Å²) < 4.78 is 2.37. The Morgan fingerprint density at radius 1 is 1.16 bits per heavy atom. The van der Waals surface area contributed by atoms with Crippen LogP contribution in [-0.4, -0.2) is 14.5 Å². The molecule has 0 N–H and O–H groups in total. The molecule has 2 heterocycles. The zero-order valence-corrected chi connectivity index (χ0v) is 11.7. The minimum atomic E-state index is 0.606. The summed E-state index contributed by atoms with van der Waals surface area (Å²) in [6, 6.07) is 8.31. The minimum Gasteiger partial charge on any atom is -0.327 e. The lowest BCUT2D eigenvalue weighted by atomic mass is 10.1. The number of benzene rings is 1. The molecule has 3 rings (SSSR count). The minimum absolute atomic E-state index is 0.606. The van der Waals surface area contributed by atoms with Crippen LogP contribution in [0.5, 0.6) is 0 Å². The SMILES string of the molecule is CCc1nc2cnc3ccccc3c2n1CC(C)C. The highest BCUT2D eigenvalue weighted by Crippen LogP contribution is 2.25. The Labute approximate surface area is 113 Å². The quantitative estimate of drug-likeness (QED) is 0.710. The van der Waals surface area contributed by atoms with Crippen molar-refractivity contribution in [3.8, 4) is 0 Å². The molecule has 0 unspecified atom stereocenters. The molecular formula is C16H19N3. The number of hydrogen-bond donors (Lipinski definition) is 0. The summed E-state index contributed by atoms with van der Waals surface area (Å²) in [4.78, 5) is 9.24. The fourth-order valence-corrected chi connectivity index (χ4v) is 2.64. The van der Waals surface area contributed by atoms with Gasteiger partial charge in [0, 0.05) is 18.4 Å². The molecule has 0 fully saturated rings. The molecule has 0 spiro atoms. The van der Waals surface area contributed by atoms with E-state index in [9.17, 15) is 0 Å². The number of aryl methyl sites for hydroxylation is 1. The van der Waals surface area contributed by atoms with Crippen LogP contribution >= 0.6 is 0 Å². The second-order valence-corrected chi connectivity index (χ2v) is 5.40. The van der Waals surface area contributed by atoms with Gasteiger partial charge in [0.05, 0.1) is 17.2 Å². The van der Waals surface area contributed by atoms with Gasteiger partial charge in [0.1, 0.15) is 11.3 Å². The molecule has 0 bridgehead atoms. The van der Waals surface area contributed by atoms with E-state index in [1.54, 1.807) is 0 Å². The lowest BCUT2D eigenvalue weighted by Gasteiger charge is -2.11. The highest BCUT2D eigenvalue weighted by atomic mass is 15.1. The fourth-order valence-electron chi connectivity index (χ4n) is 2.64. The number of pyridine rings is 1. The van der Waals surface area contributed by atoms with Gasteiger partial charge in [0.15, 0.2) is 0 Å². The van der Waals surface area contributed by atoms with Crippen molar-refractivity contribution in [3.05, 3.63) is 36.3 Å². The Morgan fingerprint density at radius 3 is 2.68 bits per heavy atom. The van der Waals surface area contributed by atoms with Crippen LogP contribution in [-0.2, 0) is 13.0 Å². The van der Waals surface area contributed by atoms with Gasteiger partial charge in [-0.05, 0) is 12.0 Å². The molecule has 3 heteroatoms. The van der Waals surface area contributed by atoms with Crippen molar-refractivity contribution in [3.63, 3.8) is 0 Å². The van der Waals surface area contributed by atoms with Crippen LogP contribution in [0.25, 0.3) is 21.9 Å². The van der Waals surface area contributed by atoms with Crippen molar-refractivity contribution in [1.29, 1.82) is 0 Å². The Bertz CT molecular complexity index is 725. The van der Waals surface area contributed by atoms with Gasteiger partial charge in [-0.2, -0.15) is 0 Å². The number of hydrogen-bond acceptors (Lipinski definition) is 2. The summed E-state index contributed by atoms with van der Waals surface area (Å²) in [5.41, 5.74) is 3.29. The third-order valence-corrected chi connectivity index (χ3v) is 3.42. The summed E-state index contributed by atoms with van der Waals surface area (Å²) in [5, 5.41) is 1.20. The van der Waals surface area contributed by atoms with Crippen molar-refractivity contribution >= 4 is 21.9 Å². The largest absolute Gasteiger partial charge is 0.327 e. The number of rotatable bonds is 3. The van der Waals surface area contributed by atoms with Crippen LogP contribution in [0.4, 0.5) is 0 Å². The Balaban J connectivity index is 2.38. The first-order chi connectivity index (χ1) is 9.20. The predicted molar refractivity (Wildman–Crippen MR) is 79.3 cm³/mol. The molecule has 0 aliphatic rings. The lowest BCUT2D eigenvalue weighted by molar-refractivity contribution is 0.519. The molecule has 3 nitrogen and oxygen atoms in total. The van der Waals surface area contributed by atoms with Crippen LogP contribution in [0.3, 0.4) is 0 Å². The summed E-state index contributed by atoms with van der Waals surface area (Å²) in [6.45, 7) is 7.66. The number of fused-ring (bicyclic) bond motifs is 3. The van der Waals surface area contributed by atoms with Gasteiger partial charge in [-0.25, -0.2) is 4.98 Å². The molecule has 0 atom stereocenters. The predicted octanol–water partition coefficient (Wildman–Crippen LogP) is 3.80. The monoisotopic (exact) mass is 253 g/mol. The molecule has 19 heavy (non-hydrogen) atoms. The van der Waals surface area contributed by atoms with Gasteiger partial charge in [-0.15, -0.1) is 0 Å². The van der Waals surface area contributed by atoms with Crippen molar-refractivity contribution in [2.45, 2.75) is 33.7 Å². The summed E-state index contributed by atoms with van der Waals surface area (Å²) in [6.07, 6.45) is 2.85. The van der Waals surface area contributed by atoms with Gasteiger partial charge >= 0.3 is 0 Å². The van der Waals surface area contributed by atoms with Crippen LogP contribution in [0, 0.1) is 5.92 Å². The molecule has 1 aromatic carbocycles. The maximum atomic E-state index is 4.73. The summed E-state index contributed by atoms with van der Waals surface area (Å²) in [7, 11) is 0. The molecule has 98 valence electrons. The second kappa shape index (κ2) is 4.65. The first-order valence-electron chi connectivity index (χ1n) is 6.93. The molecular weight excluding hydrogens is 234 g/mol. The van der Waals surface area contributed by atoms with Gasteiger partial charge in [-0.3, -0.25) is 4.98 Å². The van der Waals surface area contributed by atoms with Gasteiger partial charge in [0.2, 0.25) is 0 Å². The van der Waals surface area contributed by atoms with Crippen molar-refractivity contribution in [1.82, 2.24) is 14.5 Å². The smallest absolute Gasteiger partial charge is 0.109 e. The summed E-state index contributed by atoms with van der Waals surface area (Å²) in [5.74, 6) is 1.76. The Hall–Kier alpha value is -1.90. The lowest BCUT2D eigenvalue weighted by Crippen LogP contribution is -2.08. The van der Waals surface area contributed by atoms with Gasteiger partial charge in [-0.1, -0.05) is 39.0 Å². The average Bonchev–Trinajstić information content (AvgIpc) is 2.76. The molecule has 2 aromatic heterocycles. The molecule has 0 aliphatic heterocycles. The second-order valence-electron chi connectivity index (χ2n) is 5.40. The highest BCUT2D eigenvalue weighted by Gasteiger charge is 2.13. The van der Waals surface area contributed by atoms with Gasteiger partial charge in [0.25, 0.3) is 0 Å². The van der Waals surface area contributed by atoms with Gasteiger partial charge < -0.3 is 4.57 Å².